The second-order valence-electron chi connectivity index (χ2n) is 4.57. The molecule has 1 aliphatic heterocycles. The summed E-state index contributed by atoms with van der Waals surface area (Å²) < 4.78 is 18.3. The molecule has 4 nitrogen and oxygen atoms in total. The van der Waals surface area contributed by atoms with Crippen molar-refractivity contribution < 1.29 is 13.9 Å². The highest BCUT2D eigenvalue weighted by molar-refractivity contribution is 5.76. The molecule has 0 spiro atoms. The van der Waals surface area contributed by atoms with Gasteiger partial charge in [-0.15, -0.1) is 0 Å². The summed E-state index contributed by atoms with van der Waals surface area (Å²) in [6.07, 6.45) is 0. The van der Waals surface area contributed by atoms with Crippen LogP contribution in [0.4, 0.5) is 4.39 Å². The number of nitrogens with one attached hydrogen (secondary N) is 1. The van der Waals surface area contributed by atoms with Gasteiger partial charge in [-0.05, 0) is 24.6 Å². The Balaban J connectivity index is 2.05. The molecule has 1 heterocycles. The molecule has 5 heteroatoms. The van der Waals surface area contributed by atoms with Crippen molar-refractivity contribution in [2.45, 2.75) is 19.5 Å². The number of benzene rings is 1. The van der Waals surface area contributed by atoms with Gasteiger partial charge in [0.15, 0.2) is 0 Å². The van der Waals surface area contributed by atoms with Crippen LogP contribution in [-0.4, -0.2) is 43.2 Å². The molecule has 0 amide bonds. The number of piperazine rings is 1. The monoisotopic (exact) mass is 266 g/mol. The second kappa shape index (κ2) is 6.63. The van der Waals surface area contributed by atoms with Crippen molar-refractivity contribution in [1.82, 2.24) is 10.2 Å². The Morgan fingerprint density at radius 2 is 2.42 bits per heavy atom. The largest absolute Gasteiger partial charge is 0.465 e. The maximum Gasteiger partial charge on any atom is 0.324 e. The van der Waals surface area contributed by atoms with Crippen LogP contribution in [0.15, 0.2) is 24.3 Å². The Labute approximate surface area is 112 Å². The molecule has 0 radical (unpaired) electrons. The zero-order valence-corrected chi connectivity index (χ0v) is 11.1. The van der Waals surface area contributed by atoms with E-state index >= 15 is 0 Å². The van der Waals surface area contributed by atoms with Gasteiger partial charge in [0.05, 0.1) is 6.61 Å². The molecule has 0 aliphatic carbocycles. The SMILES string of the molecule is CCOC(=O)C1CNCCN1Cc1cccc(F)c1. The van der Waals surface area contributed by atoms with E-state index < -0.39 is 0 Å². The summed E-state index contributed by atoms with van der Waals surface area (Å²) >= 11 is 0. The summed E-state index contributed by atoms with van der Waals surface area (Å²) in [6, 6.07) is 6.19. The predicted octanol–water partition coefficient (Wildman–Crippen LogP) is 1.16. The van der Waals surface area contributed by atoms with Crippen molar-refractivity contribution >= 4 is 5.97 Å². The number of hydrogen-bond donors (Lipinski definition) is 1. The molecule has 2 rings (SSSR count). The lowest BCUT2D eigenvalue weighted by Gasteiger charge is -2.34. The average molecular weight is 266 g/mol. The highest BCUT2D eigenvalue weighted by atomic mass is 19.1. The molecular weight excluding hydrogens is 247 g/mol. The van der Waals surface area contributed by atoms with E-state index in [0.29, 0.717) is 19.7 Å². The third kappa shape index (κ3) is 3.75. The Morgan fingerprint density at radius 1 is 1.58 bits per heavy atom. The van der Waals surface area contributed by atoms with E-state index in [1.807, 2.05) is 11.0 Å². The highest BCUT2D eigenvalue weighted by Crippen LogP contribution is 2.12. The van der Waals surface area contributed by atoms with E-state index in [0.717, 1.165) is 18.7 Å². The van der Waals surface area contributed by atoms with E-state index in [1.165, 1.54) is 12.1 Å². The van der Waals surface area contributed by atoms with Crippen LogP contribution in [0.5, 0.6) is 0 Å². The number of halogens is 1. The third-order valence-electron chi connectivity index (χ3n) is 3.19. The Hall–Kier alpha value is -1.46. The van der Waals surface area contributed by atoms with Gasteiger partial charge in [0, 0.05) is 26.2 Å². The maximum absolute atomic E-state index is 13.2. The number of esters is 1. The van der Waals surface area contributed by atoms with Gasteiger partial charge in [-0.1, -0.05) is 12.1 Å². The average Bonchev–Trinajstić information content (AvgIpc) is 2.39. The van der Waals surface area contributed by atoms with Crippen molar-refractivity contribution in [3.8, 4) is 0 Å². The molecule has 0 bridgehead atoms. The summed E-state index contributed by atoms with van der Waals surface area (Å²) in [5.41, 5.74) is 0.871. The van der Waals surface area contributed by atoms with E-state index in [1.54, 1.807) is 13.0 Å². The van der Waals surface area contributed by atoms with Gasteiger partial charge >= 0.3 is 5.97 Å². The van der Waals surface area contributed by atoms with Crippen LogP contribution < -0.4 is 5.32 Å². The molecular formula is C14H19FN2O2. The summed E-state index contributed by atoms with van der Waals surface area (Å²) in [7, 11) is 0. The first-order chi connectivity index (χ1) is 9.20. The van der Waals surface area contributed by atoms with E-state index in [-0.39, 0.29) is 17.8 Å². The summed E-state index contributed by atoms with van der Waals surface area (Å²) in [5.74, 6) is -0.466. The van der Waals surface area contributed by atoms with Gasteiger partial charge in [0.1, 0.15) is 11.9 Å². The molecule has 0 saturated carbocycles. The van der Waals surface area contributed by atoms with Gasteiger partial charge in [-0.25, -0.2) is 4.39 Å². The molecule has 1 N–H and O–H groups in total. The molecule has 0 aromatic heterocycles. The van der Waals surface area contributed by atoms with E-state index in [9.17, 15) is 9.18 Å². The van der Waals surface area contributed by atoms with Crippen LogP contribution >= 0.6 is 0 Å². The van der Waals surface area contributed by atoms with Crippen molar-refractivity contribution in [1.29, 1.82) is 0 Å². The highest BCUT2D eigenvalue weighted by Gasteiger charge is 2.29. The quantitative estimate of drug-likeness (QED) is 0.831. The van der Waals surface area contributed by atoms with Crippen molar-refractivity contribution in [2.75, 3.05) is 26.2 Å². The molecule has 1 aromatic rings. The minimum absolute atomic E-state index is 0.217. The number of ether oxygens (including phenoxy) is 1. The Morgan fingerprint density at radius 3 is 3.16 bits per heavy atom. The fraction of sp³-hybridized carbons (Fsp3) is 0.500. The summed E-state index contributed by atoms with van der Waals surface area (Å²) in [6.45, 7) is 4.89. The molecule has 1 atom stereocenters. The number of nitrogens with zero attached hydrogens (tertiary/aromatic N) is 1. The lowest BCUT2D eigenvalue weighted by atomic mass is 10.1. The zero-order valence-electron chi connectivity index (χ0n) is 11.1. The second-order valence-corrected chi connectivity index (χ2v) is 4.57. The fourth-order valence-electron chi connectivity index (χ4n) is 2.28. The first-order valence-electron chi connectivity index (χ1n) is 6.56. The predicted molar refractivity (Wildman–Crippen MR) is 70.1 cm³/mol. The fourth-order valence-corrected chi connectivity index (χ4v) is 2.28. The van der Waals surface area contributed by atoms with Crippen LogP contribution in [-0.2, 0) is 16.1 Å². The topological polar surface area (TPSA) is 41.6 Å². The van der Waals surface area contributed by atoms with E-state index in [4.69, 9.17) is 4.74 Å². The Bertz CT molecular complexity index is 439. The molecule has 1 saturated heterocycles. The lowest BCUT2D eigenvalue weighted by Crippen LogP contribution is -2.54. The smallest absolute Gasteiger partial charge is 0.324 e. The lowest BCUT2D eigenvalue weighted by molar-refractivity contribution is -0.150. The van der Waals surface area contributed by atoms with Crippen LogP contribution in [0.1, 0.15) is 12.5 Å². The standard InChI is InChI=1S/C14H19FN2O2/c1-2-19-14(18)13-9-16-6-7-17(13)10-11-4-3-5-12(15)8-11/h3-5,8,13,16H,2,6-7,9-10H2,1H3. The van der Waals surface area contributed by atoms with Gasteiger partial charge in [0.2, 0.25) is 0 Å². The zero-order chi connectivity index (χ0) is 13.7. The van der Waals surface area contributed by atoms with Gasteiger partial charge in [-0.3, -0.25) is 9.69 Å². The minimum Gasteiger partial charge on any atom is -0.465 e. The van der Waals surface area contributed by atoms with Crippen molar-refractivity contribution in [3.05, 3.63) is 35.6 Å². The number of carbonyl (C=O) groups excluding carboxylic acids is 1. The van der Waals surface area contributed by atoms with Gasteiger partial charge in [-0.2, -0.15) is 0 Å². The number of carbonyl (C=O) groups is 1. The first-order valence-corrected chi connectivity index (χ1v) is 6.56. The van der Waals surface area contributed by atoms with Crippen molar-refractivity contribution in [3.63, 3.8) is 0 Å². The van der Waals surface area contributed by atoms with Crippen molar-refractivity contribution in [2.24, 2.45) is 0 Å². The molecule has 1 aromatic carbocycles. The molecule has 1 unspecified atom stereocenters. The third-order valence-corrected chi connectivity index (χ3v) is 3.19. The normalized spacial score (nSPS) is 20.2. The first kappa shape index (κ1) is 14.0. The van der Waals surface area contributed by atoms with Crippen LogP contribution in [0.3, 0.4) is 0 Å². The molecule has 1 fully saturated rings. The van der Waals surface area contributed by atoms with E-state index in [2.05, 4.69) is 5.32 Å². The van der Waals surface area contributed by atoms with Crippen LogP contribution in [0.2, 0.25) is 0 Å². The summed E-state index contributed by atoms with van der Waals surface area (Å²) in [5, 5.41) is 3.18. The molecule has 1 aliphatic rings. The van der Waals surface area contributed by atoms with Crippen LogP contribution in [0.25, 0.3) is 0 Å². The van der Waals surface area contributed by atoms with Crippen LogP contribution in [0, 0.1) is 5.82 Å². The van der Waals surface area contributed by atoms with Gasteiger partial charge < -0.3 is 10.1 Å². The maximum atomic E-state index is 13.2. The summed E-state index contributed by atoms with van der Waals surface area (Å²) in [4.78, 5) is 13.9. The minimum atomic E-state index is -0.294. The molecule has 19 heavy (non-hydrogen) atoms. The number of hydrogen-bond acceptors (Lipinski definition) is 4. The number of rotatable bonds is 4. The van der Waals surface area contributed by atoms with Gasteiger partial charge in [0.25, 0.3) is 0 Å². The molecule has 104 valence electrons. The Kier molecular flexibility index (Phi) is 4.87.